The van der Waals surface area contributed by atoms with Crippen LogP contribution < -0.4 is 4.72 Å². The minimum Gasteiger partial charge on any atom is -0.480 e. The molecule has 0 aliphatic carbocycles. The lowest BCUT2D eigenvalue weighted by atomic mass is 10.1. The Balaban J connectivity index is 2.46. The normalized spacial score (nSPS) is 13.6. The number of aromatic nitrogens is 2. The molecule has 1 aromatic heterocycles. The zero-order chi connectivity index (χ0) is 19.0. The van der Waals surface area contributed by atoms with Gasteiger partial charge in [0.05, 0.1) is 16.2 Å². The van der Waals surface area contributed by atoms with E-state index in [4.69, 9.17) is 0 Å². The van der Waals surface area contributed by atoms with E-state index in [1.165, 1.54) is 30.9 Å². The fourth-order valence-electron chi connectivity index (χ4n) is 2.11. The average molecular weight is 377 g/mol. The highest BCUT2D eigenvalue weighted by Gasteiger charge is 2.34. The van der Waals surface area contributed by atoms with Gasteiger partial charge in [-0.15, -0.1) is 0 Å². The molecule has 0 saturated carbocycles. The highest BCUT2D eigenvalue weighted by Crippen LogP contribution is 2.32. The quantitative estimate of drug-likeness (QED) is 0.828. The number of hydrogen-bond donors (Lipinski definition) is 2. The summed E-state index contributed by atoms with van der Waals surface area (Å²) in [5.41, 5.74) is -1.20. The number of aliphatic carboxylic acids is 1. The summed E-state index contributed by atoms with van der Waals surface area (Å²) < 4.78 is 66.5. The highest BCUT2D eigenvalue weighted by atomic mass is 32.2. The van der Waals surface area contributed by atoms with Crippen molar-refractivity contribution in [3.05, 3.63) is 47.3 Å². The fraction of sp³-hybridized carbons (Fsp3) is 0.286. The van der Waals surface area contributed by atoms with Crippen molar-refractivity contribution in [3.8, 4) is 0 Å². The minimum absolute atomic E-state index is 0.0469. The van der Waals surface area contributed by atoms with Crippen molar-refractivity contribution in [3.63, 3.8) is 0 Å². The van der Waals surface area contributed by atoms with Crippen LogP contribution >= 0.6 is 0 Å². The third-order valence-corrected chi connectivity index (χ3v) is 4.92. The Bertz CT molecular complexity index is 906. The number of carbonyl (C=O) groups is 1. The number of carboxylic acids is 1. The molecule has 1 aromatic carbocycles. The van der Waals surface area contributed by atoms with Crippen molar-refractivity contribution < 1.29 is 31.5 Å². The smallest absolute Gasteiger partial charge is 0.416 e. The van der Waals surface area contributed by atoms with Gasteiger partial charge in [0, 0.05) is 13.2 Å². The molecule has 136 valence electrons. The van der Waals surface area contributed by atoms with Gasteiger partial charge in [-0.1, -0.05) is 6.07 Å². The molecule has 2 aromatic rings. The molecule has 0 saturated heterocycles. The van der Waals surface area contributed by atoms with Crippen LogP contribution in [0.15, 0.2) is 35.4 Å². The molecule has 0 spiro atoms. The van der Waals surface area contributed by atoms with E-state index in [0.717, 1.165) is 12.1 Å². The standard InChI is InChI=1S/C14H14F3N3O4S/c1-8-3-4-9(14(15,16)17)7-11(8)25(23,24)19-12(13(21)22)10-5-6-20(2)18-10/h3-7,12,19H,1-2H3,(H,21,22). The maximum Gasteiger partial charge on any atom is 0.416 e. The zero-order valence-electron chi connectivity index (χ0n) is 13.1. The van der Waals surface area contributed by atoms with Gasteiger partial charge in [0.15, 0.2) is 6.04 Å². The number of alkyl halides is 3. The fourth-order valence-corrected chi connectivity index (χ4v) is 3.54. The molecule has 0 bridgehead atoms. The van der Waals surface area contributed by atoms with Crippen LogP contribution in [0, 0.1) is 6.92 Å². The number of benzene rings is 1. The number of rotatable bonds is 5. The molecule has 0 radical (unpaired) electrons. The summed E-state index contributed by atoms with van der Waals surface area (Å²) in [6.45, 7) is 1.31. The SMILES string of the molecule is Cc1ccc(C(F)(F)F)cc1S(=O)(=O)NC(C(=O)O)c1ccn(C)n1. The Hall–Kier alpha value is -2.40. The predicted molar refractivity (Wildman–Crippen MR) is 80.1 cm³/mol. The molecule has 2 rings (SSSR count). The monoisotopic (exact) mass is 377 g/mol. The van der Waals surface area contributed by atoms with E-state index in [9.17, 15) is 31.5 Å². The second-order valence-electron chi connectivity index (χ2n) is 5.28. The van der Waals surface area contributed by atoms with Crippen LogP contribution in [0.4, 0.5) is 13.2 Å². The third kappa shape index (κ3) is 4.17. The topological polar surface area (TPSA) is 101 Å². The van der Waals surface area contributed by atoms with E-state index in [0.29, 0.717) is 6.07 Å². The Labute approximate surface area is 141 Å². The molecule has 0 aliphatic heterocycles. The van der Waals surface area contributed by atoms with Gasteiger partial charge in [0.2, 0.25) is 10.0 Å². The van der Waals surface area contributed by atoms with Crippen molar-refractivity contribution in [2.45, 2.75) is 24.0 Å². The second-order valence-corrected chi connectivity index (χ2v) is 6.97. The first kappa shape index (κ1) is 18.9. The number of halogens is 3. The minimum atomic E-state index is -4.73. The average Bonchev–Trinajstić information content (AvgIpc) is 2.90. The van der Waals surface area contributed by atoms with E-state index in [2.05, 4.69) is 5.10 Å². The number of hydrogen-bond acceptors (Lipinski definition) is 4. The lowest BCUT2D eigenvalue weighted by Gasteiger charge is -2.16. The van der Waals surface area contributed by atoms with E-state index in [1.807, 2.05) is 4.72 Å². The molecule has 2 N–H and O–H groups in total. The van der Waals surface area contributed by atoms with Crippen LogP contribution in [-0.2, 0) is 28.0 Å². The van der Waals surface area contributed by atoms with Gasteiger partial charge in [-0.25, -0.2) is 8.42 Å². The summed E-state index contributed by atoms with van der Waals surface area (Å²) in [5.74, 6) is -1.54. The number of nitrogens with one attached hydrogen (secondary N) is 1. The van der Waals surface area contributed by atoms with Gasteiger partial charge in [0.1, 0.15) is 0 Å². The maximum atomic E-state index is 12.8. The summed E-state index contributed by atoms with van der Waals surface area (Å²) in [7, 11) is -3.03. The first-order chi connectivity index (χ1) is 11.4. The molecule has 7 nitrogen and oxygen atoms in total. The summed E-state index contributed by atoms with van der Waals surface area (Å²) in [5, 5.41) is 13.1. The van der Waals surface area contributed by atoms with Crippen molar-refractivity contribution >= 4 is 16.0 Å². The van der Waals surface area contributed by atoms with Crippen LogP contribution in [-0.4, -0.2) is 29.3 Å². The predicted octanol–water partition coefficient (Wildman–Crippen LogP) is 1.85. The first-order valence-corrected chi connectivity index (χ1v) is 8.32. The first-order valence-electron chi connectivity index (χ1n) is 6.84. The number of nitrogens with zero attached hydrogens (tertiary/aromatic N) is 2. The van der Waals surface area contributed by atoms with Gasteiger partial charge >= 0.3 is 12.1 Å². The van der Waals surface area contributed by atoms with Crippen molar-refractivity contribution in [1.82, 2.24) is 14.5 Å². The summed E-state index contributed by atoms with van der Waals surface area (Å²) in [6, 6.07) is 1.78. The van der Waals surface area contributed by atoms with Gasteiger partial charge in [0.25, 0.3) is 0 Å². The van der Waals surface area contributed by atoms with E-state index in [-0.39, 0.29) is 11.3 Å². The van der Waals surface area contributed by atoms with Crippen LogP contribution in [0.2, 0.25) is 0 Å². The van der Waals surface area contributed by atoms with Crippen LogP contribution in [0.5, 0.6) is 0 Å². The third-order valence-electron chi connectivity index (χ3n) is 3.35. The molecule has 1 heterocycles. The van der Waals surface area contributed by atoms with Crippen LogP contribution in [0.3, 0.4) is 0 Å². The number of aryl methyl sites for hydroxylation is 2. The van der Waals surface area contributed by atoms with Gasteiger partial charge in [-0.3, -0.25) is 9.48 Å². The highest BCUT2D eigenvalue weighted by molar-refractivity contribution is 7.89. The van der Waals surface area contributed by atoms with Crippen molar-refractivity contribution in [1.29, 1.82) is 0 Å². The molecule has 0 aliphatic rings. The Morgan fingerprint density at radius 3 is 2.44 bits per heavy atom. The van der Waals surface area contributed by atoms with Crippen LogP contribution in [0.25, 0.3) is 0 Å². The maximum absolute atomic E-state index is 12.8. The zero-order valence-corrected chi connectivity index (χ0v) is 13.9. The Morgan fingerprint density at radius 1 is 1.32 bits per heavy atom. The Morgan fingerprint density at radius 2 is 1.96 bits per heavy atom. The van der Waals surface area contributed by atoms with Crippen molar-refractivity contribution in [2.75, 3.05) is 0 Å². The lowest BCUT2D eigenvalue weighted by molar-refractivity contribution is -0.139. The molecule has 11 heteroatoms. The summed E-state index contributed by atoms with van der Waals surface area (Å²) >= 11 is 0. The van der Waals surface area contributed by atoms with Crippen LogP contribution in [0.1, 0.15) is 22.9 Å². The van der Waals surface area contributed by atoms with Gasteiger partial charge in [-0.2, -0.15) is 23.0 Å². The number of sulfonamides is 1. The molecular weight excluding hydrogens is 363 g/mol. The van der Waals surface area contributed by atoms with E-state index in [1.54, 1.807) is 0 Å². The van der Waals surface area contributed by atoms with Crippen molar-refractivity contribution in [2.24, 2.45) is 7.05 Å². The summed E-state index contributed by atoms with van der Waals surface area (Å²) in [6.07, 6.45) is -3.32. The van der Waals surface area contributed by atoms with Gasteiger partial charge in [-0.05, 0) is 30.7 Å². The molecule has 0 fully saturated rings. The van der Waals surface area contributed by atoms with E-state index >= 15 is 0 Å². The largest absolute Gasteiger partial charge is 0.480 e. The lowest BCUT2D eigenvalue weighted by Crippen LogP contribution is -2.34. The number of carboxylic acid groups (broad SMARTS) is 1. The molecule has 25 heavy (non-hydrogen) atoms. The second kappa shape index (κ2) is 6.48. The summed E-state index contributed by atoms with van der Waals surface area (Å²) in [4.78, 5) is 10.7. The van der Waals surface area contributed by atoms with E-state index < -0.39 is 38.7 Å². The molecule has 1 unspecified atom stereocenters. The molecular formula is C14H14F3N3O4S. The Kier molecular flexibility index (Phi) is 4.91. The molecule has 1 atom stereocenters. The molecule has 0 amide bonds. The van der Waals surface area contributed by atoms with Gasteiger partial charge < -0.3 is 5.11 Å².